The van der Waals surface area contributed by atoms with Crippen molar-refractivity contribution in [1.82, 2.24) is 4.98 Å². The summed E-state index contributed by atoms with van der Waals surface area (Å²) in [5.41, 5.74) is 3.63. The molecular weight excluding hydrogens is 347 g/mol. The number of anilines is 1. The topological polar surface area (TPSA) is 27.8 Å². The van der Waals surface area contributed by atoms with E-state index in [0.29, 0.717) is 6.04 Å². The highest BCUT2D eigenvalue weighted by Crippen LogP contribution is 2.23. The van der Waals surface area contributed by atoms with E-state index in [-0.39, 0.29) is 0 Å². The zero-order valence-corrected chi connectivity index (χ0v) is 12.8. The summed E-state index contributed by atoms with van der Waals surface area (Å²) in [6.45, 7) is 2.18. The molecule has 19 heavy (non-hydrogen) atoms. The summed E-state index contributed by atoms with van der Waals surface area (Å²) < 4.78 is 1.27. The van der Waals surface area contributed by atoms with Crippen LogP contribution in [0.4, 0.5) is 5.69 Å². The van der Waals surface area contributed by atoms with Crippen LogP contribution in [0.1, 0.15) is 18.5 Å². The highest BCUT2D eigenvalue weighted by atomic mass is 127. The molecule has 0 spiro atoms. The van der Waals surface area contributed by atoms with Crippen LogP contribution in [0.25, 0.3) is 10.9 Å². The van der Waals surface area contributed by atoms with E-state index in [1.807, 2.05) is 6.20 Å². The van der Waals surface area contributed by atoms with E-state index in [9.17, 15) is 0 Å². The van der Waals surface area contributed by atoms with Gasteiger partial charge in [-0.2, -0.15) is 0 Å². The van der Waals surface area contributed by atoms with E-state index in [0.717, 1.165) is 5.69 Å². The number of hydrogen-bond donors (Lipinski definition) is 2. The summed E-state index contributed by atoms with van der Waals surface area (Å²) >= 11 is 2.33. The molecule has 0 radical (unpaired) electrons. The second kappa shape index (κ2) is 5.25. The molecule has 0 bridgehead atoms. The Morgan fingerprint density at radius 3 is 2.63 bits per heavy atom. The van der Waals surface area contributed by atoms with Crippen molar-refractivity contribution in [3.05, 3.63) is 63.9 Å². The monoisotopic (exact) mass is 362 g/mol. The van der Waals surface area contributed by atoms with E-state index >= 15 is 0 Å². The number of aromatic amines is 1. The Morgan fingerprint density at radius 2 is 1.84 bits per heavy atom. The van der Waals surface area contributed by atoms with E-state index in [4.69, 9.17) is 0 Å². The third-order valence-electron chi connectivity index (χ3n) is 3.31. The van der Waals surface area contributed by atoms with Crippen molar-refractivity contribution in [3.8, 4) is 0 Å². The second-order valence-corrected chi connectivity index (χ2v) is 5.94. The predicted molar refractivity (Wildman–Crippen MR) is 89.5 cm³/mol. The summed E-state index contributed by atoms with van der Waals surface area (Å²) in [5, 5.41) is 4.78. The molecule has 1 heterocycles. The van der Waals surface area contributed by atoms with E-state index < -0.39 is 0 Å². The van der Waals surface area contributed by atoms with Gasteiger partial charge >= 0.3 is 0 Å². The molecule has 0 saturated heterocycles. The van der Waals surface area contributed by atoms with Gasteiger partial charge in [-0.25, -0.2) is 0 Å². The first-order valence-corrected chi connectivity index (χ1v) is 7.39. The van der Waals surface area contributed by atoms with Gasteiger partial charge in [0.25, 0.3) is 0 Å². The molecule has 0 fully saturated rings. The van der Waals surface area contributed by atoms with Crippen molar-refractivity contribution in [3.63, 3.8) is 0 Å². The molecule has 2 aromatic carbocycles. The molecule has 1 unspecified atom stereocenters. The van der Waals surface area contributed by atoms with E-state index in [2.05, 4.69) is 88.3 Å². The van der Waals surface area contributed by atoms with Crippen molar-refractivity contribution in [1.29, 1.82) is 0 Å². The van der Waals surface area contributed by atoms with Crippen LogP contribution >= 0.6 is 22.6 Å². The normalized spacial score (nSPS) is 12.5. The predicted octanol–water partition coefficient (Wildman–Crippen LogP) is 4.95. The SMILES string of the molecule is CC(Nc1ccc2[nH]ccc2c1)c1ccc(I)cc1. The van der Waals surface area contributed by atoms with Crippen LogP contribution in [-0.2, 0) is 0 Å². The summed E-state index contributed by atoms with van der Waals surface area (Å²) in [6.07, 6.45) is 1.97. The number of hydrogen-bond acceptors (Lipinski definition) is 1. The molecule has 3 rings (SSSR count). The minimum absolute atomic E-state index is 0.299. The Labute approximate surface area is 126 Å². The maximum Gasteiger partial charge on any atom is 0.0485 e. The Kier molecular flexibility index (Phi) is 3.46. The standard InChI is InChI=1S/C16H15IN2/c1-11(12-2-4-14(17)5-3-12)19-15-6-7-16-13(10-15)8-9-18-16/h2-11,18-19H,1H3. The van der Waals surface area contributed by atoms with Crippen LogP contribution in [0.15, 0.2) is 54.7 Å². The van der Waals surface area contributed by atoms with Crippen LogP contribution in [-0.4, -0.2) is 4.98 Å². The zero-order chi connectivity index (χ0) is 13.2. The van der Waals surface area contributed by atoms with Gasteiger partial charge in [-0.15, -0.1) is 0 Å². The fourth-order valence-corrected chi connectivity index (χ4v) is 2.59. The van der Waals surface area contributed by atoms with Gasteiger partial charge in [0, 0.05) is 32.4 Å². The molecule has 3 aromatic rings. The Bertz CT molecular complexity index is 685. The molecule has 0 aliphatic carbocycles. The van der Waals surface area contributed by atoms with Crippen molar-refractivity contribution in [2.24, 2.45) is 0 Å². The first-order valence-electron chi connectivity index (χ1n) is 6.31. The molecule has 3 heteroatoms. The molecule has 0 aliphatic heterocycles. The van der Waals surface area contributed by atoms with Crippen molar-refractivity contribution >= 4 is 39.2 Å². The molecular formula is C16H15IN2. The summed E-state index contributed by atoms with van der Waals surface area (Å²) in [4.78, 5) is 3.21. The summed E-state index contributed by atoms with van der Waals surface area (Å²) in [7, 11) is 0. The first-order chi connectivity index (χ1) is 9.22. The number of benzene rings is 2. The quantitative estimate of drug-likeness (QED) is 0.635. The molecule has 0 aliphatic rings. The summed E-state index contributed by atoms with van der Waals surface area (Å²) in [5.74, 6) is 0. The van der Waals surface area contributed by atoms with Crippen LogP contribution in [0.2, 0.25) is 0 Å². The lowest BCUT2D eigenvalue weighted by molar-refractivity contribution is 0.885. The average Bonchev–Trinajstić information content (AvgIpc) is 2.87. The maximum absolute atomic E-state index is 3.54. The number of H-pyrrole nitrogens is 1. The van der Waals surface area contributed by atoms with Gasteiger partial charge in [-0.05, 0) is 71.5 Å². The van der Waals surface area contributed by atoms with Crippen LogP contribution in [0.3, 0.4) is 0 Å². The highest BCUT2D eigenvalue weighted by Gasteiger charge is 2.05. The lowest BCUT2D eigenvalue weighted by Gasteiger charge is -2.16. The van der Waals surface area contributed by atoms with Crippen molar-refractivity contribution in [2.75, 3.05) is 5.32 Å². The molecule has 96 valence electrons. The van der Waals surface area contributed by atoms with E-state index in [1.54, 1.807) is 0 Å². The molecule has 0 amide bonds. The van der Waals surface area contributed by atoms with Crippen LogP contribution in [0, 0.1) is 3.57 Å². The Morgan fingerprint density at radius 1 is 1.05 bits per heavy atom. The highest BCUT2D eigenvalue weighted by molar-refractivity contribution is 14.1. The number of nitrogens with one attached hydrogen (secondary N) is 2. The molecule has 2 N–H and O–H groups in total. The number of rotatable bonds is 3. The fraction of sp³-hybridized carbons (Fsp3) is 0.125. The number of fused-ring (bicyclic) bond motifs is 1. The lowest BCUT2D eigenvalue weighted by atomic mass is 10.1. The van der Waals surface area contributed by atoms with Gasteiger partial charge in [0.2, 0.25) is 0 Å². The largest absolute Gasteiger partial charge is 0.379 e. The first kappa shape index (κ1) is 12.5. The minimum atomic E-state index is 0.299. The van der Waals surface area contributed by atoms with Crippen molar-refractivity contribution < 1.29 is 0 Å². The van der Waals surface area contributed by atoms with Gasteiger partial charge in [0.15, 0.2) is 0 Å². The van der Waals surface area contributed by atoms with Crippen LogP contribution < -0.4 is 5.32 Å². The molecule has 1 aromatic heterocycles. The molecule has 0 saturated carbocycles. The smallest absolute Gasteiger partial charge is 0.0485 e. The average molecular weight is 362 g/mol. The third-order valence-corrected chi connectivity index (χ3v) is 4.03. The van der Waals surface area contributed by atoms with Gasteiger partial charge < -0.3 is 10.3 Å². The lowest BCUT2D eigenvalue weighted by Crippen LogP contribution is -2.06. The Hall–Kier alpha value is -1.49. The zero-order valence-electron chi connectivity index (χ0n) is 10.7. The second-order valence-electron chi connectivity index (χ2n) is 4.70. The fourth-order valence-electron chi connectivity index (χ4n) is 2.23. The van der Waals surface area contributed by atoms with Gasteiger partial charge in [0.1, 0.15) is 0 Å². The van der Waals surface area contributed by atoms with E-state index in [1.165, 1.54) is 20.0 Å². The number of halogens is 1. The number of aromatic nitrogens is 1. The Balaban J connectivity index is 1.81. The molecule has 2 nitrogen and oxygen atoms in total. The minimum Gasteiger partial charge on any atom is -0.379 e. The molecule has 1 atom stereocenters. The van der Waals surface area contributed by atoms with Crippen LogP contribution in [0.5, 0.6) is 0 Å². The van der Waals surface area contributed by atoms with Gasteiger partial charge in [0.05, 0.1) is 0 Å². The summed E-state index contributed by atoms with van der Waals surface area (Å²) in [6, 6.07) is 17.4. The van der Waals surface area contributed by atoms with Gasteiger partial charge in [-0.3, -0.25) is 0 Å². The van der Waals surface area contributed by atoms with Crippen molar-refractivity contribution in [2.45, 2.75) is 13.0 Å². The maximum atomic E-state index is 3.54. The third kappa shape index (κ3) is 2.76. The van der Waals surface area contributed by atoms with Gasteiger partial charge in [-0.1, -0.05) is 12.1 Å².